The Kier molecular flexibility index (Phi) is 5.61. The molecule has 0 radical (unpaired) electrons. The number of thiophene rings is 1. The van der Waals surface area contributed by atoms with Crippen LogP contribution in [0.5, 0.6) is 0 Å². The number of hydrogen-bond acceptors (Lipinski definition) is 5. The van der Waals surface area contributed by atoms with Gasteiger partial charge in [0.25, 0.3) is 0 Å². The molecule has 0 bridgehead atoms. The second-order valence-corrected chi connectivity index (χ2v) is 6.50. The first-order valence-electron chi connectivity index (χ1n) is 4.84. The molecule has 0 spiro atoms. The van der Waals surface area contributed by atoms with E-state index in [1.807, 2.05) is 0 Å². The van der Waals surface area contributed by atoms with E-state index in [1.54, 1.807) is 13.8 Å². The average Bonchev–Trinajstić information content (AvgIpc) is 2.54. The lowest BCUT2D eigenvalue weighted by atomic mass is 10.2. The van der Waals surface area contributed by atoms with Crippen LogP contribution in [0, 0.1) is 0 Å². The summed E-state index contributed by atoms with van der Waals surface area (Å²) in [4.78, 5) is 23.5. The van der Waals surface area contributed by atoms with Crippen molar-refractivity contribution in [2.45, 2.75) is 13.8 Å². The molecule has 4 nitrogen and oxygen atoms in total. The number of halogens is 2. The Bertz CT molecular complexity index is 403. The fraction of sp³-hybridized carbons (Fsp3) is 0.400. The van der Waals surface area contributed by atoms with Gasteiger partial charge in [0.05, 0.1) is 20.8 Å². The minimum atomic E-state index is -0.538. The Morgan fingerprint density at radius 1 is 1.00 bits per heavy atom. The fourth-order valence-corrected chi connectivity index (χ4v) is 4.22. The van der Waals surface area contributed by atoms with E-state index in [-0.39, 0.29) is 24.3 Å². The molecule has 7 heteroatoms. The zero-order valence-corrected chi connectivity index (χ0v) is 13.2. The predicted molar refractivity (Wildman–Crippen MR) is 71.6 cm³/mol. The third-order valence-corrected chi connectivity index (χ3v) is 4.31. The van der Waals surface area contributed by atoms with Gasteiger partial charge >= 0.3 is 11.9 Å². The molecule has 0 saturated carbocycles. The summed E-state index contributed by atoms with van der Waals surface area (Å²) < 4.78 is 10.9. The molecule has 1 aromatic heterocycles. The molecule has 1 aromatic rings. The van der Waals surface area contributed by atoms with Crippen molar-refractivity contribution in [2.75, 3.05) is 13.2 Å². The number of carbonyl (C=O) groups is 2. The smallest absolute Gasteiger partial charge is 0.341 e. The third-order valence-electron chi connectivity index (χ3n) is 1.78. The minimum absolute atomic E-state index is 0.210. The predicted octanol–water partition coefficient (Wildman–Crippen LogP) is 3.63. The van der Waals surface area contributed by atoms with Crippen LogP contribution in [0.3, 0.4) is 0 Å². The number of esters is 2. The Morgan fingerprint density at radius 2 is 1.35 bits per heavy atom. The molecule has 1 rings (SSSR count). The van der Waals surface area contributed by atoms with Gasteiger partial charge < -0.3 is 9.47 Å². The van der Waals surface area contributed by atoms with E-state index < -0.39 is 11.9 Å². The Morgan fingerprint density at radius 3 is 1.65 bits per heavy atom. The van der Waals surface area contributed by atoms with Crippen LogP contribution in [0.25, 0.3) is 0 Å². The monoisotopic (exact) mass is 384 g/mol. The second kappa shape index (κ2) is 6.51. The molecule has 0 saturated heterocycles. The van der Waals surface area contributed by atoms with Crippen LogP contribution < -0.4 is 0 Å². The lowest BCUT2D eigenvalue weighted by Crippen LogP contribution is -2.12. The Labute approximate surface area is 120 Å². The maximum atomic E-state index is 11.7. The summed E-state index contributed by atoms with van der Waals surface area (Å²) in [5.41, 5.74) is 0.421. The van der Waals surface area contributed by atoms with Gasteiger partial charge in [-0.05, 0) is 45.7 Å². The summed E-state index contributed by atoms with van der Waals surface area (Å²) in [6.45, 7) is 3.91. The molecule has 0 amide bonds. The van der Waals surface area contributed by atoms with Gasteiger partial charge in [-0.25, -0.2) is 9.59 Å². The summed E-state index contributed by atoms with van der Waals surface area (Å²) in [5.74, 6) is -1.08. The van der Waals surface area contributed by atoms with E-state index in [4.69, 9.17) is 9.47 Å². The van der Waals surface area contributed by atoms with Crippen molar-refractivity contribution in [3.8, 4) is 0 Å². The fourth-order valence-electron chi connectivity index (χ4n) is 1.15. The SMILES string of the molecule is CCOC(=O)c1c(Br)sc(Br)c1C(=O)OCC. The number of ether oxygens (including phenoxy) is 2. The zero-order valence-electron chi connectivity index (χ0n) is 9.21. The summed E-state index contributed by atoms with van der Waals surface area (Å²) in [5, 5.41) is 0. The van der Waals surface area contributed by atoms with E-state index in [9.17, 15) is 9.59 Å². The van der Waals surface area contributed by atoms with Gasteiger partial charge in [-0.3, -0.25) is 0 Å². The number of rotatable bonds is 4. The largest absolute Gasteiger partial charge is 0.462 e. The highest BCUT2D eigenvalue weighted by Gasteiger charge is 2.28. The molecule has 0 aromatic carbocycles. The highest BCUT2D eigenvalue weighted by atomic mass is 79.9. The highest BCUT2D eigenvalue weighted by Crippen LogP contribution is 2.37. The number of carbonyl (C=O) groups excluding carboxylic acids is 2. The quantitative estimate of drug-likeness (QED) is 0.742. The van der Waals surface area contributed by atoms with Crippen LogP contribution in [0.15, 0.2) is 7.57 Å². The van der Waals surface area contributed by atoms with Crippen molar-refractivity contribution >= 4 is 55.1 Å². The van der Waals surface area contributed by atoms with Crippen LogP contribution in [0.1, 0.15) is 34.6 Å². The number of hydrogen-bond donors (Lipinski definition) is 0. The Balaban J connectivity index is 3.19. The van der Waals surface area contributed by atoms with Crippen molar-refractivity contribution in [3.63, 3.8) is 0 Å². The molecular weight excluding hydrogens is 376 g/mol. The lowest BCUT2D eigenvalue weighted by Gasteiger charge is -2.05. The summed E-state index contributed by atoms with van der Waals surface area (Å²) in [7, 11) is 0. The van der Waals surface area contributed by atoms with Gasteiger partial charge in [-0.2, -0.15) is 0 Å². The molecular formula is C10H10Br2O4S. The molecule has 0 atom stereocenters. The first-order chi connectivity index (χ1) is 8.02. The Hall–Kier alpha value is -0.400. The highest BCUT2D eigenvalue weighted by molar-refractivity contribution is 9.12. The van der Waals surface area contributed by atoms with E-state index in [0.29, 0.717) is 7.57 Å². The van der Waals surface area contributed by atoms with Crippen LogP contribution in [0.2, 0.25) is 0 Å². The maximum absolute atomic E-state index is 11.7. The van der Waals surface area contributed by atoms with Crippen LogP contribution in [-0.2, 0) is 9.47 Å². The van der Waals surface area contributed by atoms with Gasteiger partial charge in [0.15, 0.2) is 0 Å². The van der Waals surface area contributed by atoms with Crippen molar-refractivity contribution in [2.24, 2.45) is 0 Å². The molecule has 1 heterocycles. The van der Waals surface area contributed by atoms with Crippen molar-refractivity contribution in [1.82, 2.24) is 0 Å². The maximum Gasteiger partial charge on any atom is 0.341 e. The average molecular weight is 386 g/mol. The van der Waals surface area contributed by atoms with E-state index in [1.165, 1.54) is 11.3 Å². The van der Waals surface area contributed by atoms with Gasteiger partial charge in [0.1, 0.15) is 11.1 Å². The summed E-state index contributed by atoms with van der Waals surface area (Å²) in [6, 6.07) is 0. The van der Waals surface area contributed by atoms with E-state index in [0.717, 1.165) is 0 Å². The van der Waals surface area contributed by atoms with Gasteiger partial charge in [-0.1, -0.05) is 0 Å². The van der Waals surface area contributed by atoms with Crippen LogP contribution in [0.4, 0.5) is 0 Å². The van der Waals surface area contributed by atoms with Gasteiger partial charge in [0, 0.05) is 0 Å². The van der Waals surface area contributed by atoms with E-state index >= 15 is 0 Å². The first kappa shape index (κ1) is 14.7. The second-order valence-electron chi connectivity index (χ2n) is 2.84. The molecule has 0 fully saturated rings. The van der Waals surface area contributed by atoms with Crippen molar-refractivity contribution in [1.29, 1.82) is 0 Å². The van der Waals surface area contributed by atoms with Crippen LogP contribution in [-0.4, -0.2) is 25.2 Å². The van der Waals surface area contributed by atoms with Crippen molar-refractivity contribution in [3.05, 3.63) is 18.7 Å². The topological polar surface area (TPSA) is 52.6 Å². The molecule has 0 aliphatic carbocycles. The third kappa shape index (κ3) is 3.29. The summed E-state index contributed by atoms with van der Waals surface area (Å²) in [6.07, 6.45) is 0. The summed E-state index contributed by atoms with van der Waals surface area (Å²) >= 11 is 7.71. The molecule has 17 heavy (non-hydrogen) atoms. The van der Waals surface area contributed by atoms with Gasteiger partial charge in [0.2, 0.25) is 0 Å². The van der Waals surface area contributed by atoms with Gasteiger partial charge in [-0.15, -0.1) is 11.3 Å². The molecule has 0 aliphatic heterocycles. The molecule has 0 N–H and O–H groups in total. The van der Waals surface area contributed by atoms with E-state index in [2.05, 4.69) is 31.9 Å². The van der Waals surface area contributed by atoms with Crippen molar-refractivity contribution < 1.29 is 19.1 Å². The lowest BCUT2D eigenvalue weighted by molar-refractivity contribution is 0.0479. The zero-order chi connectivity index (χ0) is 13.0. The standard InChI is InChI=1S/C10H10Br2O4S/c1-3-15-9(13)5-6(10(14)16-4-2)8(12)17-7(5)11/h3-4H2,1-2H3. The minimum Gasteiger partial charge on any atom is -0.462 e. The normalized spacial score (nSPS) is 10.1. The first-order valence-corrected chi connectivity index (χ1v) is 7.25. The molecule has 94 valence electrons. The molecule has 0 aliphatic rings. The molecule has 0 unspecified atom stereocenters. The van der Waals surface area contributed by atoms with Crippen LogP contribution >= 0.6 is 43.2 Å².